The molecule has 1 fully saturated rings. The van der Waals surface area contributed by atoms with E-state index in [0.29, 0.717) is 30.0 Å². The average molecular weight is 598 g/mol. The molecule has 0 atom stereocenters. The lowest BCUT2D eigenvalue weighted by atomic mass is 10.0. The Morgan fingerprint density at radius 2 is 1.74 bits per heavy atom. The molecule has 178 valence electrons. The summed E-state index contributed by atoms with van der Waals surface area (Å²) in [6.07, 6.45) is 2.09. The second-order valence-electron chi connectivity index (χ2n) is 7.98. The van der Waals surface area contributed by atoms with Gasteiger partial charge in [-0.05, 0) is 66.9 Å². The van der Waals surface area contributed by atoms with Crippen molar-refractivity contribution in [2.24, 2.45) is 0 Å². The Kier molecular flexibility index (Phi) is 7.52. The van der Waals surface area contributed by atoms with Crippen LogP contribution in [0.2, 0.25) is 0 Å². The van der Waals surface area contributed by atoms with Gasteiger partial charge in [0.05, 0.1) is 12.3 Å². The number of ether oxygens (including phenoxy) is 1. The summed E-state index contributed by atoms with van der Waals surface area (Å²) in [6, 6.07) is 17.8. The van der Waals surface area contributed by atoms with E-state index in [1.54, 1.807) is 24.3 Å². The molecule has 1 N–H and O–H groups in total. The van der Waals surface area contributed by atoms with Crippen LogP contribution in [0.25, 0.3) is 6.08 Å². The summed E-state index contributed by atoms with van der Waals surface area (Å²) in [5, 5.41) is 2.26. The van der Waals surface area contributed by atoms with E-state index in [0.717, 1.165) is 30.5 Å². The van der Waals surface area contributed by atoms with Crippen LogP contribution in [0.5, 0.6) is 5.75 Å². The van der Waals surface area contributed by atoms with Crippen molar-refractivity contribution < 1.29 is 19.1 Å². The number of anilines is 1. The summed E-state index contributed by atoms with van der Waals surface area (Å²) in [4.78, 5) is 39.3. The highest BCUT2D eigenvalue weighted by atomic mass is 79.9. The van der Waals surface area contributed by atoms with Crippen molar-refractivity contribution in [2.75, 3.05) is 11.5 Å². The molecule has 6 nitrogen and oxygen atoms in total. The average Bonchev–Trinajstić information content (AvgIpc) is 2.80. The van der Waals surface area contributed by atoms with Crippen LogP contribution in [0, 0.1) is 6.92 Å². The van der Waals surface area contributed by atoms with Crippen molar-refractivity contribution in [1.29, 1.82) is 0 Å². The van der Waals surface area contributed by atoms with Gasteiger partial charge >= 0.3 is 6.03 Å². The molecular formula is C27H22Br2N2O4. The maximum Gasteiger partial charge on any atom is 0.335 e. The summed E-state index contributed by atoms with van der Waals surface area (Å²) >= 11 is 7.23. The molecule has 0 aromatic heterocycles. The summed E-state index contributed by atoms with van der Waals surface area (Å²) in [6.45, 7) is 4.20. The number of aryl methyl sites for hydroxylation is 1. The number of urea groups is 1. The highest BCUT2D eigenvalue weighted by molar-refractivity contribution is 9.10. The van der Waals surface area contributed by atoms with Crippen LogP contribution in [0.1, 0.15) is 29.2 Å². The van der Waals surface area contributed by atoms with Crippen LogP contribution in [-0.2, 0) is 16.0 Å². The normalized spacial score (nSPS) is 14.9. The Morgan fingerprint density at radius 3 is 2.46 bits per heavy atom. The van der Waals surface area contributed by atoms with Gasteiger partial charge in [0, 0.05) is 20.9 Å². The smallest absolute Gasteiger partial charge is 0.335 e. The first-order valence-electron chi connectivity index (χ1n) is 10.9. The predicted octanol–water partition coefficient (Wildman–Crippen LogP) is 6.18. The summed E-state index contributed by atoms with van der Waals surface area (Å²) in [5.41, 5.74) is 3.76. The van der Waals surface area contributed by atoms with Gasteiger partial charge in [-0.1, -0.05) is 62.2 Å². The van der Waals surface area contributed by atoms with E-state index in [9.17, 15) is 14.4 Å². The fourth-order valence-corrected chi connectivity index (χ4v) is 4.85. The molecule has 0 spiro atoms. The van der Waals surface area contributed by atoms with Crippen LogP contribution in [0.15, 0.2) is 75.2 Å². The number of nitrogens with one attached hydrogen (secondary N) is 1. The number of halogens is 2. The number of carbonyl (C=O) groups excluding carboxylic acids is 3. The molecule has 4 amide bonds. The second-order valence-corrected chi connectivity index (χ2v) is 9.69. The number of hydrogen-bond acceptors (Lipinski definition) is 4. The van der Waals surface area contributed by atoms with Gasteiger partial charge in [0.2, 0.25) is 0 Å². The quantitative estimate of drug-likeness (QED) is 0.272. The van der Waals surface area contributed by atoms with Crippen LogP contribution in [-0.4, -0.2) is 24.5 Å². The third-order valence-electron chi connectivity index (χ3n) is 5.47. The van der Waals surface area contributed by atoms with Crippen LogP contribution in [0.3, 0.4) is 0 Å². The van der Waals surface area contributed by atoms with E-state index in [2.05, 4.69) is 37.2 Å². The molecular weight excluding hydrogens is 576 g/mol. The molecule has 0 aliphatic carbocycles. The molecule has 8 heteroatoms. The summed E-state index contributed by atoms with van der Waals surface area (Å²) in [7, 11) is 0. The molecule has 0 radical (unpaired) electrons. The third-order valence-corrected chi connectivity index (χ3v) is 6.96. The predicted molar refractivity (Wildman–Crippen MR) is 142 cm³/mol. The van der Waals surface area contributed by atoms with Crippen molar-refractivity contribution in [1.82, 2.24) is 5.32 Å². The van der Waals surface area contributed by atoms with Gasteiger partial charge in [0.1, 0.15) is 11.3 Å². The SMILES string of the molecule is CCOc1cc(/C=C2\C(=O)NC(=O)N(c3cccc(C)c3)C2=O)cc(Br)c1Cc1ccccc1Br. The van der Waals surface area contributed by atoms with Crippen LogP contribution in [0.4, 0.5) is 10.5 Å². The molecule has 1 heterocycles. The van der Waals surface area contributed by atoms with Gasteiger partial charge in [-0.2, -0.15) is 0 Å². The number of imide groups is 2. The van der Waals surface area contributed by atoms with Gasteiger partial charge in [-0.15, -0.1) is 0 Å². The topological polar surface area (TPSA) is 75.7 Å². The van der Waals surface area contributed by atoms with E-state index in [1.165, 1.54) is 6.08 Å². The van der Waals surface area contributed by atoms with Crippen molar-refractivity contribution in [2.45, 2.75) is 20.3 Å². The maximum atomic E-state index is 13.2. The number of benzene rings is 3. The van der Waals surface area contributed by atoms with Gasteiger partial charge in [0.25, 0.3) is 11.8 Å². The van der Waals surface area contributed by atoms with Crippen molar-refractivity contribution >= 4 is 61.5 Å². The Balaban J connectivity index is 1.73. The number of hydrogen-bond donors (Lipinski definition) is 1. The fraction of sp³-hybridized carbons (Fsp3) is 0.148. The highest BCUT2D eigenvalue weighted by Gasteiger charge is 2.36. The number of amides is 4. The Labute approximate surface area is 220 Å². The molecule has 1 aliphatic rings. The zero-order chi connectivity index (χ0) is 25.1. The van der Waals surface area contributed by atoms with Gasteiger partial charge in [0.15, 0.2) is 0 Å². The minimum absolute atomic E-state index is 0.140. The van der Waals surface area contributed by atoms with E-state index in [-0.39, 0.29) is 5.57 Å². The zero-order valence-corrected chi connectivity index (χ0v) is 22.3. The zero-order valence-electron chi connectivity index (χ0n) is 19.1. The Bertz CT molecular complexity index is 1370. The van der Waals surface area contributed by atoms with Gasteiger partial charge in [-0.3, -0.25) is 14.9 Å². The fourth-order valence-electron chi connectivity index (χ4n) is 3.83. The minimum Gasteiger partial charge on any atom is -0.494 e. The van der Waals surface area contributed by atoms with E-state index >= 15 is 0 Å². The van der Waals surface area contributed by atoms with E-state index in [4.69, 9.17) is 4.74 Å². The number of carbonyl (C=O) groups is 3. The minimum atomic E-state index is -0.775. The van der Waals surface area contributed by atoms with Gasteiger partial charge in [-0.25, -0.2) is 9.69 Å². The largest absolute Gasteiger partial charge is 0.494 e. The molecule has 0 unspecified atom stereocenters. The second kappa shape index (κ2) is 10.6. The maximum absolute atomic E-state index is 13.2. The lowest BCUT2D eigenvalue weighted by Crippen LogP contribution is -2.54. The van der Waals surface area contributed by atoms with Gasteiger partial charge < -0.3 is 4.74 Å². The number of rotatable bonds is 6. The summed E-state index contributed by atoms with van der Waals surface area (Å²) < 4.78 is 7.68. The van der Waals surface area contributed by atoms with Crippen molar-refractivity contribution in [3.63, 3.8) is 0 Å². The lowest BCUT2D eigenvalue weighted by molar-refractivity contribution is -0.122. The number of barbiturate groups is 1. The van der Waals surface area contributed by atoms with Crippen molar-refractivity contribution in [3.05, 3.63) is 97.4 Å². The molecule has 0 bridgehead atoms. The number of nitrogens with zero attached hydrogens (tertiary/aromatic N) is 1. The molecule has 0 saturated carbocycles. The van der Waals surface area contributed by atoms with E-state index in [1.807, 2.05) is 50.2 Å². The molecule has 1 aliphatic heterocycles. The molecule has 3 aromatic rings. The standard InChI is InChI=1S/C27H22Br2N2O4/c1-3-35-24-14-17(13-23(29)20(24)15-18-8-4-5-10-22(18)28)12-21-25(32)30-27(34)31(26(21)33)19-9-6-7-16(2)11-19/h4-14H,3,15H2,1-2H3,(H,30,32,34)/b21-12+. The highest BCUT2D eigenvalue weighted by Crippen LogP contribution is 2.34. The monoisotopic (exact) mass is 596 g/mol. The van der Waals surface area contributed by atoms with E-state index < -0.39 is 17.8 Å². The molecule has 1 saturated heterocycles. The van der Waals surface area contributed by atoms with Crippen LogP contribution >= 0.6 is 31.9 Å². The Morgan fingerprint density at radius 1 is 0.971 bits per heavy atom. The Hall–Kier alpha value is -3.23. The van der Waals surface area contributed by atoms with Crippen LogP contribution < -0.4 is 15.0 Å². The molecule has 35 heavy (non-hydrogen) atoms. The molecule has 4 rings (SSSR count). The summed E-state index contributed by atoms with van der Waals surface area (Å²) in [5.74, 6) is -0.786. The lowest BCUT2D eigenvalue weighted by Gasteiger charge is -2.26. The van der Waals surface area contributed by atoms with Crippen molar-refractivity contribution in [3.8, 4) is 5.75 Å². The first-order valence-corrected chi connectivity index (χ1v) is 12.5. The first-order chi connectivity index (χ1) is 16.8. The third kappa shape index (κ3) is 5.39. The molecule has 3 aromatic carbocycles. The first kappa shape index (κ1) is 24.9.